The Morgan fingerprint density at radius 1 is 1.29 bits per heavy atom. The maximum atomic E-state index is 7.00. The minimum absolute atomic E-state index is 0. The van der Waals surface area contributed by atoms with Gasteiger partial charge in [-0.05, 0) is 18.6 Å². The maximum Gasteiger partial charge on any atom is 0.119 e. The lowest BCUT2D eigenvalue weighted by Gasteiger charge is -2.04. The maximum absolute atomic E-state index is 7.00. The average Bonchev–Trinajstić information content (AvgIpc) is 2.14. The largest absolute Gasteiger partial charge is 0.494 e. The Hall–Kier alpha value is -1.22. The van der Waals surface area contributed by atoms with Gasteiger partial charge in [0, 0.05) is 6.42 Å². The summed E-state index contributed by atoms with van der Waals surface area (Å²) in [6.07, 6.45) is 1.40. The van der Waals surface area contributed by atoms with Gasteiger partial charge in [0.15, 0.2) is 0 Å². The van der Waals surface area contributed by atoms with Crippen molar-refractivity contribution in [1.82, 2.24) is 0 Å². The molecule has 0 atom stereocenters. The predicted molar refractivity (Wildman–Crippen MR) is 60.3 cm³/mol. The van der Waals surface area contributed by atoms with Gasteiger partial charge < -0.3 is 10.5 Å². The number of hydrogen-bond acceptors (Lipinski definition) is 2. The lowest BCUT2D eigenvalue weighted by Crippen LogP contribution is -2.10. The highest BCUT2D eigenvalue weighted by molar-refractivity contribution is 5.85. The summed E-state index contributed by atoms with van der Waals surface area (Å²) in [7, 11) is 0. The first-order valence-electron chi connectivity index (χ1n) is 4.30. The van der Waals surface area contributed by atoms with Crippen molar-refractivity contribution in [1.29, 1.82) is 5.41 Å². The predicted octanol–water partition coefficient (Wildman–Crippen LogP) is 2.20. The molecule has 1 aromatic rings. The Balaban J connectivity index is 0.00000169. The smallest absolute Gasteiger partial charge is 0.119 e. The highest BCUT2D eigenvalue weighted by Crippen LogP contribution is 2.08. The van der Waals surface area contributed by atoms with Crippen molar-refractivity contribution < 1.29 is 4.74 Å². The molecular formula is C10H15ClN2O. The van der Waals surface area contributed by atoms with Crippen LogP contribution in [0.25, 0.3) is 0 Å². The molecule has 1 rings (SSSR count). The summed E-state index contributed by atoms with van der Waals surface area (Å²) in [6, 6.07) is 9.63. The quantitative estimate of drug-likeness (QED) is 0.449. The van der Waals surface area contributed by atoms with Crippen molar-refractivity contribution in [3.63, 3.8) is 0 Å². The standard InChI is InChI=1S/C10H14N2O.ClH/c11-10(12)7-4-8-13-9-5-2-1-3-6-9;/h1-3,5-6H,4,7-8H2,(H3,11,12);1H. The number of amidine groups is 1. The van der Waals surface area contributed by atoms with E-state index in [-0.39, 0.29) is 18.2 Å². The summed E-state index contributed by atoms with van der Waals surface area (Å²) in [5, 5.41) is 7.00. The van der Waals surface area contributed by atoms with E-state index in [9.17, 15) is 0 Å². The second-order valence-corrected chi connectivity index (χ2v) is 2.79. The minimum atomic E-state index is 0. The van der Waals surface area contributed by atoms with Gasteiger partial charge in [0.25, 0.3) is 0 Å². The Kier molecular flexibility index (Phi) is 6.58. The van der Waals surface area contributed by atoms with Crippen molar-refractivity contribution in [2.45, 2.75) is 12.8 Å². The van der Waals surface area contributed by atoms with Crippen LogP contribution in [0.1, 0.15) is 12.8 Å². The topological polar surface area (TPSA) is 59.1 Å². The number of halogens is 1. The molecule has 78 valence electrons. The second kappa shape index (κ2) is 7.21. The van der Waals surface area contributed by atoms with Gasteiger partial charge in [-0.15, -0.1) is 12.4 Å². The normalized spacial score (nSPS) is 8.86. The van der Waals surface area contributed by atoms with Crippen molar-refractivity contribution >= 4 is 18.2 Å². The average molecular weight is 215 g/mol. The van der Waals surface area contributed by atoms with Gasteiger partial charge in [0.1, 0.15) is 5.75 Å². The molecule has 0 unspecified atom stereocenters. The van der Waals surface area contributed by atoms with E-state index in [0.717, 1.165) is 12.2 Å². The van der Waals surface area contributed by atoms with Crippen molar-refractivity contribution in [2.75, 3.05) is 6.61 Å². The third-order valence-corrected chi connectivity index (χ3v) is 1.60. The molecule has 4 heteroatoms. The van der Waals surface area contributed by atoms with Crippen molar-refractivity contribution in [3.05, 3.63) is 30.3 Å². The van der Waals surface area contributed by atoms with Gasteiger partial charge in [-0.3, -0.25) is 5.41 Å². The summed E-state index contributed by atoms with van der Waals surface area (Å²) in [5.41, 5.74) is 5.20. The molecule has 3 nitrogen and oxygen atoms in total. The Morgan fingerprint density at radius 3 is 2.50 bits per heavy atom. The molecule has 0 saturated heterocycles. The molecule has 0 saturated carbocycles. The molecule has 0 aromatic heterocycles. The van der Waals surface area contributed by atoms with Crippen LogP contribution >= 0.6 is 12.4 Å². The van der Waals surface area contributed by atoms with E-state index in [1.165, 1.54) is 0 Å². The molecule has 0 aliphatic carbocycles. The zero-order valence-electron chi connectivity index (χ0n) is 7.90. The molecule has 3 N–H and O–H groups in total. The monoisotopic (exact) mass is 214 g/mol. The summed E-state index contributed by atoms with van der Waals surface area (Å²) in [6.45, 7) is 0.615. The molecule has 0 bridgehead atoms. The number of para-hydroxylation sites is 1. The zero-order valence-corrected chi connectivity index (χ0v) is 8.72. The van der Waals surface area contributed by atoms with Gasteiger partial charge in [0.2, 0.25) is 0 Å². The third kappa shape index (κ3) is 5.43. The van der Waals surface area contributed by atoms with Crippen LogP contribution in [0.4, 0.5) is 0 Å². The number of rotatable bonds is 5. The minimum Gasteiger partial charge on any atom is -0.494 e. The summed E-state index contributed by atoms with van der Waals surface area (Å²) >= 11 is 0. The van der Waals surface area contributed by atoms with Crippen LogP contribution in [0, 0.1) is 5.41 Å². The van der Waals surface area contributed by atoms with Gasteiger partial charge in [-0.1, -0.05) is 18.2 Å². The van der Waals surface area contributed by atoms with Gasteiger partial charge in [-0.25, -0.2) is 0 Å². The van der Waals surface area contributed by atoms with Crippen LogP contribution in [-0.2, 0) is 0 Å². The van der Waals surface area contributed by atoms with Gasteiger partial charge in [-0.2, -0.15) is 0 Å². The van der Waals surface area contributed by atoms with E-state index in [0.29, 0.717) is 13.0 Å². The molecule has 0 radical (unpaired) electrons. The van der Waals surface area contributed by atoms with Crippen LogP contribution in [0.3, 0.4) is 0 Å². The first-order valence-corrected chi connectivity index (χ1v) is 4.30. The fraction of sp³-hybridized carbons (Fsp3) is 0.300. The van der Waals surface area contributed by atoms with Crippen LogP contribution in [0.15, 0.2) is 30.3 Å². The third-order valence-electron chi connectivity index (χ3n) is 1.60. The number of nitrogens with one attached hydrogen (secondary N) is 1. The zero-order chi connectivity index (χ0) is 9.52. The molecule has 0 aliphatic heterocycles. The molecule has 0 heterocycles. The second-order valence-electron chi connectivity index (χ2n) is 2.79. The van der Waals surface area contributed by atoms with Crippen molar-refractivity contribution in [3.8, 4) is 5.75 Å². The fourth-order valence-corrected chi connectivity index (χ4v) is 0.969. The van der Waals surface area contributed by atoms with E-state index in [1.54, 1.807) is 0 Å². The van der Waals surface area contributed by atoms with Gasteiger partial charge >= 0.3 is 0 Å². The SMILES string of the molecule is Cl.N=C(N)CCCOc1ccccc1. The first kappa shape index (κ1) is 12.8. The number of hydrogen-bond donors (Lipinski definition) is 2. The number of benzene rings is 1. The van der Waals surface area contributed by atoms with Crippen LogP contribution in [-0.4, -0.2) is 12.4 Å². The molecule has 0 amide bonds. The van der Waals surface area contributed by atoms with Crippen molar-refractivity contribution in [2.24, 2.45) is 5.73 Å². The van der Waals surface area contributed by atoms with Crippen LogP contribution in [0.5, 0.6) is 5.75 Å². The lowest BCUT2D eigenvalue weighted by molar-refractivity contribution is 0.313. The van der Waals surface area contributed by atoms with E-state index in [1.807, 2.05) is 30.3 Å². The number of ether oxygens (including phenoxy) is 1. The molecule has 0 spiro atoms. The molecule has 14 heavy (non-hydrogen) atoms. The van der Waals surface area contributed by atoms with E-state index in [2.05, 4.69) is 0 Å². The summed E-state index contributed by atoms with van der Waals surface area (Å²) in [5.74, 6) is 1.09. The summed E-state index contributed by atoms with van der Waals surface area (Å²) < 4.78 is 5.40. The number of nitrogens with two attached hydrogens (primary N) is 1. The highest BCUT2D eigenvalue weighted by atomic mass is 35.5. The fourth-order valence-electron chi connectivity index (χ4n) is 0.969. The summed E-state index contributed by atoms with van der Waals surface area (Å²) in [4.78, 5) is 0. The lowest BCUT2D eigenvalue weighted by atomic mass is 10.3. The Labute approximate surface area is 90.2 Å². The first-order chi connectivity index (χ1) is 6.29. The van der Waals surface area contributed by atoms with E-state index < -0.39 is 0 Å². The van der Waals surface area contributed by atoms with Crippen LogP contribution < -0.4 is 10.5 Å². The molecular weight excluding hydrogens is 200 g/mol. The molecule has 1 aromatic carbocycles. The van der Waals surface area contributed by atoms with E-state index in [4.69, 9.17) is 15.9 Å². The van der Waals surface area contributed by atoms with E-state index >= 15 is 0 Å². The molecule has 0 fully saturated rings. The van der Waals surface area contributed by atoms with Crippen LogP contribution in [0.2, 0.25) is 0 Å². The van der Waals surface area contributed by atoms with Gasteiger partial charge in [0.05, 0.1) is 12.4 Å². The highest BCUT2D eigenvalue weighted by Gasteiger charge is 1.92. The Morgan fingerprint density at radius 2 is 1.93 bits per heavy atom. The molecule has 0 aliphatic rings. The Bertz CT molecular complexity index is 264.